The van der Waals surface area contributed by atoms with Crippen LogP contribution in [-0.4, -0.2) is 31.7 Å². The Morgan fingerprint density at radius 2 is 2.12 bits per heavy atom. The normalized spacial score (nSPS) is 11.6. The van der Waals surface area contributed by atoms with Crippen LogP contribution in [0.2, 0.25) is 5.15 Å². The Labute approximate surface area is 106 Å². The number of aromatic nitrogens is 1. The third-order valence-electron chi connectivity index (χ3n) is 2.14. The highest BCUT2D eigenvalue weighted by molar-refractivity contribution is 7.89. The highest BCUT2D eigenvalue weighted by atomic mass is 35.5. The molecule has 0 saturated carbocycles. The number of aliphatic hydroxyl groups is 1. The van der Waals surface area contributed by atoms with Crippen molar-refractivity contribution in [2.75, 3.05) is 13.2 Å². The average molecular weight is 279 g/mol. The minimum atomic E-state index is -3.59. The second kappa shape index (κ2) is 6.90. The highest BCUT2D eigenvalue weighted by Crippen LogP contribution is 2.17. The summed E-state index contributed by atoms with van der Waals surface area (Å²) >= 11 is 5.71. The Hall–Kier alpha value is -0.690. The fourth-order valence-electron chi connectivity index (χ4n) is 1.27. The number of hydrogen-bond donors (Lipinski definition) is 2. The van der Waals surface area contributed by atoms with Crippen LogP contribution in [0.1, 0.15) is 19.3 Å². The van der Waals surface area contributed by atoms with Crippen molar-refractivity contribution in [3.05, 3.63) is 23.5 Å². The van der Waals surface area contributed by atoms with Crippen LogP contribution in [0.15, 0.2) is 23.2 Å². The van der Waals surface area contributed by atoms with E-state index in [1.165, 1.54) is 18.3 Å². The molecule has 0 radical (unpaired) electrons. The molecule has 7 heteroatoms. The van der Waals surface area contributed by atoms with Crippen molar-refractivity contribution < 1.29 is 13.5 Å². The summed E-state index contributed by atoms with van der Waals surface area (Å²) in [7, 11) is -3.59. The van der Waals surface area contributed by atoms with E-state index in [4.69, 9.17) is 16.7 Å². The van der Waals surface area contributed by atoms with Gasteiger partial charge in [0.05, 0.1) is 0 Å². The van der Waals surface area contributed by atoms with Crippen LogP contribution in [-0.2, 0) is 10.0 Å². The number of rotatable bonds is 7. The van der Waals surface area contributed by atoms with Gasteiger partial charge in [-0.1, -0.05) is 11.6 Å². The van der Waals surface area contributed by atoms with Gasteiger partial charge in [0.2, 0.25) is 10.0 Å². The fourth-order valence-corrected chi connectivity index (χ4v) is 2.79. The highest BCUT2D eigenvalue weighted by Gasteiger charge is 2.17. The number of halogens is 1. The van der Waals surface area contributed by atoms with Crippen LogP contribution in [0.4, 0.5) is 0 Å². The Morgan fingerprint density at radius 3 is 2.76 bits per heavy atom. The first kappa shape index (κ1) is 14.4. The topological polar surface area (TPSA) is 79.3 Å². The lowest BCUT2D eigenvalue weighted by atomic mass is 10.2. The van der Waals surface area contributed by atoms with Crippen molar-refractivity contribution in [3.8, 4) is 0 Å². The number of pyridine rings is 1. The lowest BCUT2D eigenvalue weighted by molar-refractivity contribution is 0.283. The van der Waals surface area contributed by atoms with Gasteiger partial charge in [0.1, 0.15) is 10.0 Å². The van der Waals surface area contributed by atoms with E-state index >= 15 is 0 Å². The second-order valence-electron chi connectivity index (χ2n) is 3.47. The third-order valence-corrected chi connectivity index (χ3v) is 4.05. The van der Waals surface area contributed by atoms with Crippen LogP contribution in [0.25, 0.3) is 0 Å². The SMILES string of the molecule is O=S(=O)(NCCCCCO)c1cccnc1Cl. The first-order chi connectivity index (χ1) is 8.08. The zero-order valence-electron chi connectivity index (χ0n) is 9.26. The van der Waals surface area contributed by atoms with Gasteiger partial charge in [-0.2, -0.15) is 0 Å². The molecule has 96 valence electrons. The molecule has 0 aliphatic rings. The summed E-state index contributed by atoms with van der Waals surface area (Å²) in [5.41, 5.74) is 0. The summed E-state index contributed by atoms with van der Waals surface area (Å²) in [6.45, 7) is 0.453. The van der Waals surface area contributed by atoms with Crippen LogP contribution >= 0.6 is 11.6 Å². The summed E-state index contributed by atoms with van der Waals surface area (Å²) in [6, 6.07) is 2.93. The summed E-state index contributed by atoms with van der Waals surface area (Å²) in [6.07, 6.45) is 3.56. The van der Waals surface area contributed by atoms with Gasteiger partial charge in [-0.05, 0) is 31.4 Å². The number of nitrogens with zero attached hydrogens (tertiary/aromatic N) is 1. The van der Waals surface area contributed by atoms with Crippen molar-refractivity contribution in [2.45, 2.75) is 24.2 Å². The van der Waals surface area contributed by atoms with Gasteiger partial charge in [0.15, 0.2) is 0 Å². The van der Waals surface area contributed by atoms with Gasteiger partial charge in [-0.15, -0.1) is 0 Å². The molecule has 0 atom stereocenters. The first-order valence-corrected chi connectivity index (χ1v) is 7.15. The summed E-state index contributed by atoms with van der Waals surface area (Å²) < 4.78 is 26.0. The van der Waals surface area contributed by atoms with Gasteiger partial charge in [0, 0.05) is 19.3 Å². The lowest BCUT2D eigenvalue weighted by Gasteiger charge is -2.07. The average Bonchev–Trinajstić information content (AvgIpc) is 2.29. The van der Waals surface area contributed by atoms with E-state index in [0.717, 1.165) is 6.42 Å². The molecule has 1 rings (SSSR count). The van der Waals surface area contributed by atoms with Crippen molar-refractivity contribution in [3.63, 3.8) is 0 Å². The molecule has 0 aromatic carbocycles. The van der Waals surface area contributed by atoms with E-state index in [1.807, 2.05) is 0 Å². The Kier molecular flexibility index (Phi) is 5.84. The van der Waals surface area contributed by atoms with Crippen molar-refractivity contribution in [1.29, 1.82) is 0 Å². The number of unbranched alkanes of at least 4 members (excludes halogenated alkanes) is 2. The molecular weight excluding hydrogens is 264 g/mol. The minimum Gasteiger partial charge on any atom is -0.396 e. The molecule has 0 bridgehead atoms. The Balaban J connectivity index is 2.55. The fraction of sp³-hybridized carbons (Fsp3) is 0.500. The molecule has 17 heavy (non-hydrogen) atoms. The molecule has 1 aromatic rings. The summed E-state index contributed by atoms with van der Waals surface area (Å²) in [5.74, 6) is 0. The molecule has 0 fully saturated rings. The quantitative estimate of drug-likeness (QED) is 0.580. The predicted octanol–water partition coefficient (Wildman–Crippen LogP) is 1.18. The van der Waals surface area contributed by atoms with E-state index < -0.39 is 10.0 Å². The molecule has 0 aliphatic carbocycles. The van der Waals surface area contributed by atoms with Crippen LogP contribution < -0.4 is 4.72 Å². The lowest BCUT2D eigenvalue weighted by Crippen LogP contribution is -2.25. The van der Waals surface area contributed by atoms with E-state index in [0.29, 0.717) is 19.4 Å². The van der Waals surface area contributed by atoms with E-state index in [2.05, 4.69) is 9.71 Å². The smallest absolute Gasteiger partial charge is 0.243 e. The number of aliphatic hydroxyl groups excluding tert-OH is 1. The molecule has 2 N–H and O–H groups in total. The van der Waals surface area contributed by atoms with Gasteiger partial charge >= 0.3 is 0 Å². The first-order valence-electron chi connectivity index (χ1n) is 5.29. The van der Waals surface area contributed by atoms with Crippen LogP contribution in [0.5, 0.6) is 0 Å². The van der Waals surface area contributed by atoms with Crippen molar-refractivity contribution >= 4 is 21.6 Å². The molecule has 0 unspecified atom stereocenters. The zero-order valence-corrected chi connectivity index (χ0v) is 10.8. The van der Waals surface area contributed by atoms with E-state index in [-0.39, 0.29) is 16.7 Å². The summed E-state index contributed by atoms with van der Waals surface area (Å²) in [4.78, 5) is 3.71. The molecule has 0 amide bonds. The Bertz CT molecular complexity index is 451. The van der Waals surface area contributed by atoms with E-state index in [1.54, 1.807) is 0 Å². The zero-order chi connectivity index (χ0) is 12.7. The predicted molar refractivity (Wildman–Crippen MR) is 65.4 cm³/mol. The largest absolute Gasteiger partial charge is 0.396 e. The Morgan fingerprint density at radius 1 is 1.35 bits per heavy atom. The third kappa shape index (κ3) is 4.59. The van der Waals surface area contributed by atoms with Gasteiger partial charge in [-0.3, -0.25) is 0 Å². The number of nitrogens with one attached hydrogen (secondary N) is 1. The van der Waals surface area contributed by atoms with Gasteiger partial charge < -0.3 is 5.11 Å². The number of sulfonamides is 1. The molecule has 0 aliphatic heterocycles. The maximum Gasteiger partial charge on any atom is 0.243 e. The molecule has 0 spiro atoms. The van der Waals surface area contributed by atoms with Crippen LogP contribution in [0, 0.1) is 0 Å². The van der Waals surface area contributed by atoms with Gasteiger partial charge in [0.25, 0.3) is 0 Å². The summed E-state index contributed by atoms with van der Waals surface area (Å²) in [5, 5.41) is 8.54. The second-order valence-corrected chi connectivity index (χ2v) is 5.57. The van der Waals surface area contributed by atoms with Crippen LogP contribution in [0.3, 0.4) is 0 Å². The van der Waals surface area contributed by atoms with Crippen molar-refractivity contribution in [2.24, 2.45) is 0 Å². The molecule has 5 nitrogen and oxygen atoms in total. The standard InChI is InChI=1S/C10H15ClN2O3S/c11-10-9(5-4-6-12-10)17(15,16)13-7-2-1-3-8-14/h4-6,13-14H,1-3,7-8H2. The maximum atomic E-state index is 11.8. The molecule has 1 aromatic heterocycles. The molecule has 1 heterocycles. The van der Waals surface area contributed by atoms with Gasteiger partial charge in [-0.25, -0.2) is 18.1 Å². The molecule has 0 saturated heterocycles. The molecular formula is C10H15ClN2O3S. The maximum absolute atomic E-state index is 11.8. The van der Waals surface area contributed by atoms with E-state index in [9.17, 15) is 8.42 Å². The minimum absolute atomic E-state index is 0.0103. The monoisotopic (exact) mass is 278 g/mol. The van der Waals surface area contributed by atoms with Crippen molar-refractivity contribution in [1.82, 2.24) is 9.71 Å². The number of hydrogen-bond acceptors (Lipinski definition) is 4.